The highest BCUT2D eigenvalue weighted by molar-refractivity contribution is 5.75. The molecule has 0 aliphatic heterocycles. The van der Waals surface area contributed by atoms with E-state index in [0.717, 1.165) is 6.42 Å². The van der Waals surface area contributed by atoms with Crippen LogP contribution in [0.25, 0.3) is 0 Å². The van der Waals surface area contributed by atoms with Gasteiger partial charge in [0.2, 0.25) is 0 Å². The summed E-state index contributed by atoms with van der Waals surface area (Å²) >= 11 is 0. The van der Waals surface area contributed by atoms with E-state index in [2.05, 4.69) is 6.92 Å². The Morgan fingerprint density at radius 3 is 1.36 bits per heavy atom. The van der Waals surface area contributed by atoms with Gasteiger partial charge < -0.3 is 5.11 Å². The predicted octanol–water partition coefficient (Wildman–Crippen LogP) is 2.72. The Labute approximate surface area is 100 Å². The second-order valence-electron chi connectivity index (χ2n) is 3.91. The Morgan fingerprint density at radius 1 is 0.643 bits per heavy atom. The maximum Gasteiger partial charge on any atom is 0.187 e. The number of aliphatic hydroxyl groups excluding tert-OH is 1. The lowest BCUT2D eigenvalue weighted by molar-refractivity contribution is 0.282. The standard InChI is InChI=1S/C12H26O.Al.3H/c1-2-3-4-5-6-7-8-9-10-11-12-13;;;;/h13H,2-12H2,1H3;;;;. The molecule has 0 rings (SSSR count). The van der Waals surface area contributed by atoms with Crippen LogP contribution in [-0.4, -0.2) is 29.1 Å². The molecule has 1 N–H and O–H groups in total. The van der Waals surface area contributed by atoms with Crippen LogP contribution in [0, 0.1) is 0 Å². The first-order chi connectivity index (χ1) is 6.41. The van der Waals surface area contributed by atoms with Crippen LogP contribution in [0.3, 0.4) is 0 Å². The van der Waals surface area contributed by atoms with Crippen LogP contribution in [0.1, 0.15) is 71.1 Å². The zero-order valence-electron chi connectivity index (χ0n) is 9.23. The van der Waals surface area contributed by atoms with Gasteiger partial charge in [-0.25, -0.2) is 0 Å². The van der Waals surface area contributed by atoms with Crippen LogP contribution in [0.5, 0.6) is 0 Å². The highest BCUT2D eigenvalue weighted by Crippen LogP contribution is 2.09. The van der Waals surface area contributed by atoms with Gasteiger partial charge in [-0.1, -0.05) is 64.7 Å². The third-order valence-corrected chi connectivity index (χ3v) is 2.51. The smallest absolute Gasteiger partial charge is 0.187 e. The van der Waals surface area contributed by atoms with Crippen molar-refractivity contribution in [2.45, 2.75) is 71.1 Å². The largest absolute Gasteiger partial charge is 0.396 e. The van der Waals surface area contributed by atoms with Gasteiger partial charge in [0, 0.05) is 6.61 Å². The zero-order valence-corrected chi connectivity index (χ0v) is 9.23. The summed E-state index contributed by atoms with van der Waals surface area (Å²) in [5.74, 6) is 0. The van der Waals surface area contributed by atoms with Gasteiger partial charge >= 0.3 is 0 Å². The summed E-state index contributed by atoms with van der Waals surface area (Å²) in [6.45, 7) is 2.63. The van der Waals surface area contributed by atoms with Gasteiger partial charge in [0.15, 0.2) is 17.4 Å². The van der Waals surface area contributed by atoms with Gasteiger partial charge in [-0.2, -0.15) is 0 Å². The number of rotatable bonds is 10. The molecule has 0 atom stereocenters. The number of hydrogen-bond donors (Lipinski definition) is 1. The third kappa shape index (κ3) is 15.0. The minimum absolute atomic E-state index is 0. The molecule has 0 bridgehead atoms. The van der Waals surface area contributed by atoms with Gasteiger partial charge in [-0.05, 0) is 6.42 Å². The van der Waals surface area contributed by atoms with Crippen molar-refractivity contribution in [1.82, 2.24) is 0 Å². The van der Waals surface area contributed by atoms with E-state index in [1.165, 1.54) is 57.8 Å². The van der Waals surface area contributed by atoms with Crippen LogP contribution in [-0.2, 0) is 0 Å². The average molecular weight is 216 g/mol. The topological polar surface area (TPSA) is 20.2 Å². The van der Waals surface area contributed by atoms with Gasteiger partial charge in [0.05, 0.1) is 0 Å². The summed E-state index contributed by atoms with van der Waals surface area (Å²) < 4.78 is 0. The fourth-order valence-corrected chi connectivity index (χ4v) is 1.60. The molecular weight excluding hydrogens is 187 g/mol. The number of hydrogen-bond acceptors (Lipinski definition) is 1. The van der Waals surface area contributed by atoms with Crippen LogP contribution in [0.4, 0.5) is 0 Å². The first kappa shape index (κ1) is 16.9. The molecule has 14 heavy (non-hydrogen) atoms. The molecule has 0 fully saturated rings. The van der Waals surface area contributed by atoms with Crippen LogP contribution in [0.2, 0.25) is 0 Å². The molecule has 1 nitrogen and oxygen atoms in total. The monoisotopic (exact) mass is 216 g/mol. The van der Waals surface area contributed by atoms with Gasteiger partial charge in [-0.3, -0.25) is 0 Å². The highest BCUT2D eigenvalue weighted by Gasteiger charge is 1.91. The van der Waals surface area contributed by atoms with Crippen LogP contribution >= 0.6 is 0 Å². The first-order valence-corrected chi connectivity index (χ1v) is 6.02. The molecule has 0 aromatic carbocycles. The molecule has 0 aliphatic rings. The second-order valence-corrected chi connectivity index (χ2v) is 3.91. The van der Waals surface area contributed by atoms with E-state index in [9.17, 15) is 0 Å². The molecule has 0 radical (unpaired) electrons. The zero-order chi connectivity index (χ0) is 9.78. The first-order valence-electron chi connectivity index (χ1n) is 6.02. The molecule has 2 heteroatoms. The quantitative estimate of drug-likeness (QED) is 0.440. The van der Waals surface area contributed by atoms with Crippen molar-refractivity contribution < 1.29 is 5.11 Å². The molecule has 0 amide bonds. The maximum absolute atomic E-state index is 8.57. The second kappa shape index (κ2) is 15.9. The Kier molecular flexibility index (Phi) is 19.3. The highest BCUT2D eigenvalue weighted by atomic mass is 27.0. The van der Waals surface area contributed by atoms with Gasteiger partial charge in [-0.15, -0.1) is 0 Å². The van der Waals surface area contributed by atoms with Crippen molar-refractivity contribution in [2.75, 3.05) is 6.61 Å². The average Bonchev–Trinajstić information content (AvgIpc) is 2.16. The van der Waals surface area contributed by atoms with Crippen molar-refractivity contribution in [2.24, 2.45) is 0 Å². The van der Waals surface area contributed by atoms with Gasteiger partial charge in [0.25, 0.3) is 0 Å². The molecule has 0 heterocycles. The Balaban J connectivity index is 0. The van der Waals surface area contributed by atoms with E-state index in [4.69, 9.17) is 5.11 Å². The molecule has 86 valence electrons. The lowest BCUT2D eigenvalue weighted by atomic mass is 10.1. The van der Waals surface area contributed by atoms with E-state index in [0.29, 0.717) is 6.61 Å². The SMILES string of the molecule is CCCCCCCCCCCCO.[AlH3]. The van der Waals surface area contributed by atoms with Crippen molar-refractivity contribution in [3.05, 3.63) is 0 Å². The predicted molar refractivity (Wildman–Crippen MR) is 68.9 cm³/mol. The maximum atomic E-state index is 8.57. The molecule has 0 saturated heterocycles. The fourth-order valence-electron chi connectivity index (χ4n) is 1.60. The van der Waals surface area contributed by atoms with Crippen LogP contribution < -0.4 is 0 Å². The molecule has 0 unspecified atom stereocenters. The fraction of sp³-hybridized carbons (Fsp3) is 1.00. The van der Waals surface area contributed by atoms with E-state index < -0.39 is 0 Å². The number of aliphatic hydroxyl groups is 1. The molecule has 0 aromatic rings. The molecular formula is C12H29AlO. The van der Waals surface area contributed by atoms with Crippen LogP contribution in [0.15, 0.2) is 0 Å². The summed E-state index contributed by atoms with van der Waals surface area (Å²) in [4.78, 5) is 0. The van der Waals surface area contributed by atoms with E-state index in [-0.39, 0.29) is 17.4 Å². The lowest BCUT2D eigenvalue weighted by Gasteiger charge is -2.00. The summed E-state index contributed by atoms with van der Waals surface area (Å²) in [7, 11) is 0. The summed E-state index contributed by atoms with van der Waals surface area (Å²) in [5.41, 5.74) is 0. The summed E-state index contributed by atoms with van der Waals surface area (Å²) in [6.07, 6.45) is 13.3. The Hall–Kier alpha value is 0.492. The molecule has 0 saturated carbocycles. The Bertz CT molecular complexity index is 76.4. The molecule has 0 aromatic heterocycles. The van der Waals surface area contributed by atoms with Gasteiger partial charge in [0.1, 0.15) is 0 Å². The van der Waals surface area contributed by atoms with E-state index >= 15 is 0 Å². The van der Waals surface area contributed by atoms with Crippen molar-refractivity contribution in [3.63, 3.8) is 0 Å². The van der Waals surface area contributed by atoms with Crippen molar-refractivity contribution in [3.8, 4) is 0 Å². The summed E-state index contributed by atoms with van der Waals surface area (Å²) in [6, 6.07) is 0. The molecule has 0 spiro atoms. The van der Waals surface area contributed by atoms with E-state index in [1.807, 2.05) is 0 Å². The lowest BCUT2D eigenvalue weighted by Crippen LogP contribution is -1.84. The normalized spacial score (nSPS) is 9.86. The number of unbranched alkanes of at least 4 members (excludes halogenated alkanes) is 9. The minimum atomic E-state index is 0. The van der Waals surface area contributed by atoms with E-state index in [1.54, 1.807) is 0 Å². The third-order valence-electron chi connectivity index (χ3n) is 2.51. The Morgan fingerprint density at radius 2 is 1.00 bits per heavy atom. The molecule has 0 aliphatic carbocycles. The summed E-state index contributed by atoms with van der Waals surface area (Å²) in [5, 5.41) is 8.57. The van der Waals surface area contributed by atoms with Crippen molar-refractivity contribution >= 4 is 17.4 Å². The minimum Gasteiger partial charge on any atom is -0.396 e. The van der Waals surface area contributed by atoms with Crippen molar-refractivity contribution in [1.29, 1.82) is 0 Å².